The Balaban J connectivity index is 4.55. The molecule has 328 valence electrons. The number of hydrogen-bond donors (Lipinski definition) is 4. The van der Waals surface area contributed by atoms with Gasteiger partial charge in [-0.25, -0.2) is 4.57 Å². The van der Waals surface area contributed by atoms with Crippen molar-refractivity contribution in [3.05, 3.63) is 109 Å². The third kappa shape index (κ3) is 39.4. The van der Waals surface area contributed by atoms with Gasteiger partial charge in [0.2, 0.25) is 0 Å². The molecule has 0 spiro atoms. The number of allylic oxidation sites excluding steroid dienone is 17. The van der Waals surface area contributed by atoms with E-state index in [-0.39, 0.29) is 12.8 Å². The average Bonchev–Trinajstić information content (AvgIpc) is 3.21. The number of esters is 2. The van der Waals surface area contributed by atoms with Crippen molar-refractivity contribution in [3.8, 4) is 0 Å². The SMILES string of the molecule is CC/C=C\C/C=C\C/C=C\C/C=C\C/C=C\C/C=C\CCC(=O)OC[C@H](COP(=O)(O)OC[C@@H](O)CO)OC(=O)CCCCCCCC(O)/C=C/C=C/C/C=C/CC. The lowest BCUT2D eigenvalue weighted by Crippen LogP contribution is -2.29. The Morgan fingerprint density at radius 1 is 0.586 bits per heavy atom. The molecule has 58 heavy (non-hydrogen) atoms. The zero-order valence-electron chi connectivity index (χ0n) is 35.1. The summed E-state index contributed by atoms with van der Waals surface area (Å²) in [4.78, 5) is 34.9. The number of ether oxygens (including phenoxy) is 2. The summed E-state index contributed by atoms with van der Waals surface area (Å²) in [5.41, 5.74) is 0. The van der Waals surface area contributed by atoms with Gasteiger partial charge in [-0.1, -0.05) is 149 Å². The molecule has 0 aromatic carbocycles. The Morgan fingerprint density at radius 2 is 1.09 bits per heavy atom. The first-order valence-electron chi connectivity index (χ1n) is 21.0. The lowest BCUT2D eigenvalue weighted by atomic mass is 10.1. The molecule has 0 saturated carbocycles. The highest BCUT2D eigenvalue weighted by Crippen LogP contribution is 2.43. The van der Waals surface area contributed by atoms with Crippen LogP contribution in [0.1, 0.15) is 123 Å². The highest BCUT2D eigenvalue weighted by molar-refractivity contribution is 7.47. The van der Waals surface area contributed by atoms with Crippen molar-refractivity contribution in [1.82, 2.24) is 0 Å². The first-order chi connectivity index (χ1) is 28.1. The molecule has 0 aliphatic rings. The molecule has 0 saturated heterocycles. The number of phosphoric ester groups is 1. The van der Waals surface area contributed by atoms with E-state index >= 15 is 0 Å². The van der Waals surface area contributed by atoms with Gasteiger partial charge in [0.05, 0.1) is 25.9 Å². The van der Waals surface area contributed by atoms with Crippen LogP contribution < -0.4 is 0 Å². The van der Waals surface area contributed by atoms with Gasteiger partial charge in [0.1, 0.15) is 12.7 Å². The topological polar surface area (TPSA) is 169 Å². The average molecular weight is 833 g/mol. The molecule has 0 aliphatic carbocycles. The van der Waals surface area contributed by atoms with Crippen LogP contribution in [0.15, 0.2) is 109 Å². The van der Waals surface area contributed by atoms with E-state index in [0.29, 0.717) is 19.3 Å². The summed E-state index contributed by atoms with van der Waals surface area (Å²) in [6.07, 6.45) is 46.6. The summed E-state index contributed by atoms with van der Waals surface area (Å²) in [6.45, 7) is 1.90. The first-order valence-corrected chi connectivity index (χ1v) is 22.4. The van der Waals surface area contributed by atoms with Crippen LogP contribution in [0.3, 0.4) is 0 Å². The first kappa shape index (κ1) is 54.6. The van der Waals surface area contributed by atoms with Gasteiger partial charge in [-0.3, -0.25) is 18.6 Å². The second kappa shape index (κ2) is 40.4. The summed E-state index contributed by atoms with van der Waals surface area (Å²) < 4.78 is 32.5. The smallest absolute Gasteiger partial charge is 0.462 e. The number of unbranched alkanes of at least 4 members (excludes halogenated alkanes) is 4. The quantitative estimate of drug-likeness (QED) is 0.0155. The largest absolute Gasteiger partial charge is 0.472 e. The monoisotopic (exact) mass is 832 g/mol. The van der Waals surface area contributed by atoms with Gasteiger partial charge in [0, 0.05) is 12.8 Å². The van der Waals surface area contributed by atoms with Gasteiger partial charge in [0.15, 0.2) is 6.10 Å². The van der Waals surface area contributed by atoms with Gasteiger partial charge in [-0.05, 0) is 70.6 Å². The molecule has 0 heterocycles. The normalized spacial score (nSPS) is 15.5. The minimum Gasteiger partial charge on any atom is -0.462 e. The maximum atomic E-state index is 12.6. The molecule has 0 aromatic heterocycles. The summed E-state index contributed by atoms with van der Waals surface area (Å²) in [5, 5.41) is 28.4. The van der Waals surface area contributed by atoms with Crippen LogP contribution in [0.2, 0.25) is 0 Å². The summed E-state index contributed by atoms with van der Waals surface area (Å²) in [5.74, 6) is -1.11. The Kier molecular flexibility index (Phi) is 38.0. The molecule has 0 radical (unpaired) electrons. The second-order valence-corrected chi connectivity index (χ2v) is 14.9. The highest BCUT2D eigenvalue weighted by Gasteiger charge is 2.27. The number of aliphatic hydroxyl groups excluding tert-OH is 3. The summed E-state index contributed by atoms with van der Waals surface area (Å²) >= 11 is 0. The second-order valence-electron chi connectivity index (χ2n) is 13.4. The van der Waals surface area contributed by atoms with Crippen molar-refractivity contribution in [1.29, 1.82) is 0 Å². The fourth-order valence-electron chi connectivity index (χ4n) is 4.85. The van der Waals surface area contributed by atoms with Crippen molar-refractivity contribution < 1.29 is 52.9 Å². The van der Waals surface area contributed by atoms with E-state index < -0.39 is 64.5 Å². The minimum absolute atomic E-state index is 0.0889. The molecule has 2 unspecified atom stereocenters. The maximum absolute atomic E-state index is 12.6. The maximum Gasteiger partial charge on any atom is 0.472 e. The summed E-state index contributed by atoms with van der Waals surface area (Å²) in [6, 6.07) is 0. The van der Waals surface area contributed by atoms with Crippen LogP contribution in [0, 0.1) is 0 Å². The molecule has 12 heteroatoms. The predicted octanol–water partition coefficient (Wildman–Crippen LogP) is 9.97. The predicted molar refractivity (Wildman–Crippen MR) is 234 cm³/mol. The van der Waals surface area contributed by atoms with Crippen molar-refractivity contribution in [3.63, 3.8) is 0 Å². The van der Waals surface area contributed by atoms with Crippen LogP contribution in [-0.4, -0.2) is 76.9 Å². The van der Waals surface area contributed by atoms with Gasteiger partial charge in [0.25, 0.3) is 0 Å². The molecule has 0 aromatic rings. The number of carbonyl (C=O) groups excluding carboxylic acids is 2. The van der Waals surface area contributed by atoms with E-state index in [1.54, 1.807) is 6.08 Å². The standard InChI is InChI=1S/C46H73O11P/c1-3-5-7-9-11-12-13-14-15-16-17-18-19-20-21-22-24-28-32-36-45(50)54-40-44(41-56-58(52,53)55-39-43(49)38-47)57-46(51)37-33-29-25-27-31-35-42(48)34-30-26-23-10-8-6-4-2/h5-8,11-12,14-15,17-18,20-21,23-24,26,28,30,34,42-44,47-49H,3-4,9-10,13,16,19,22,25,27,29,31-33,35-41H2,1-2H3,(H,52,53)/b7-5-,8-6+,12-11-,15-14-,18-17-,21-20-,26-23+,28-24-,34-30+/t42?,43-,44+/m0/s1. The molecule has 0 bridgehead atoms. The number of aliphatic hydroxyl groups is 3. The molecule has 0 rings (SSSR count). The molecule has 4 atom stereocenters. The Labute approximate surface area is 348 Å². The van der Waals surface area contributed by atoms with E-state index in [4.69, 9.17) is 19.1 Å². The van der Waals surface area contributed by atoms with Crippen LogP contribution in [0.5, 0.6) is 0 Å². The van der Waals surface area contributed by atoms with Crippen molar-refractivity contribution in [2.75, 3.05) is 26.4 Å². The van der Waals surface area contributed by atoms with E-state index in [2.05, 4.69) is 91.3 Å². The van der Waals surface area contributed by atoms with Gasteiger partial charge in [-0.15, -0.1) is 0 Å². The Hall–Kier alpha value is -3.41. The lowest BCUT2D eigenvalue weighted by molar-refractivity contribution is -0.161. The molecular formula is C46H73O11P. The molecule has 4 N–H and O–H groups in total. The van der Waals surface area contributed by atoms with E-state index in [9.17, 15) is 29.3 Å². The zero-order chi connectivity index (χ0) is 42.8. The van der Waals surface area contributed by atoms with E-state index in [0.717, 1.165) is 77.0 Å². The number of hydrogen-bond acceptors (Lipinski definition) is 10. The molecule has 0 aliphatic heterocycles. The zero-order valence-corrected chi connectivity index (χ0v) is 36.0. The minimum atomic E-state index is -4.67. The van der Waals surface area contributed by atoms with Crippen molar-refractivity contribution in [2.24, 2.45) is 0 Å². The lowest BCUT2D eigenvalue weighted by Gasteiger charge is -2.20. The molecular weight excluding hydrogens is 759 g/mol. The van der Waals surface area contributed by atoms with Gasteiger partial charge >= 0.3 is 19.8 Å². The number of phosphoric acid groups is 1. The third-order valence-electron chi connectivity index (χ3n) is 8.04. The number of carbonyl (C=O) groups is 2. The van der Waals surface area contributed by atoms with Crippen molar-refractivity contribution in [2.45, 2.75) is 141 Å². The van der Waals surface area contributed by atoms with Gasteiger partial charge < -0.3 is 29.7 Å². The molecule has 0 amide bonds. The highest BCUT2D eigenvalue weighted by atomic mass is 31.2. The van der Waals surface area contributed by atoms with E-state index in [1.807, 2.05) is 30.4 Å². The van der Waals surface area contributed by atoms with Gasteiger partial charge in [-0.2, -0.15) is 0 Å². The van der Waals surface area contributed by atoms with Crippen LogP contribution in [0.4, 0.5) is 0 Å². The fourth-order valence-corrected chi connectivity index (χ4v) is 5.64. The molecule has 0 fully saturated rings. The third-order valence-corrected chi connectivity index (χ3v) is 8.99. The van der Waals surface area contributed by atoms with Crippen LogP contribution in [0.25, 0.3) is 0 Å². The van der Waals surface area contributed by atoms with Crippen molar-refractivity contribution >= 4 is 19.8 Å². The van der Waals surface area contributed by atoms with E-state index in [1.165, 1.54) is 0 Å². The van der Waals surface area contributed by atoms with Crippen LogP contribution in [-0.2, 0) is 32.7 Å². The summed E-state index contributed by atoms with van der Waals surface area (Å²) in [7, 11) is -4.67. The Morgan fingerprint density at radius 3 is 1.66 bits per heavy atom. The molecule has 11 nitrogen and oxygen atoms in total. The Bertz CT molecular complexity index is 1340. The number of rotatable bonds is 37. The van der Waals surface area contributed by atoms with Crippen LogP contribution >= 0.6 is 7.82 Å². The fraction of sp³-hybridized carbons (Fsp3) is 0.565.